The normalized spacial score (nSPS) is 21.4. The van der Waals surface area contributed by atoms with Gasteiger partial charge < -0.3 is 9.64 Å². The minimum atomic E-state index is -3.27. The smallest absolute Gasteiger partial charge is 0.237 e. The summed E-state index contributed by atoms with van der Waals surface area (Å²) in [6, 6.07) is 5.71. The lowest BCUT2D eigenvalue weighted by Gasteiger charge is -2.38. The lowest BCUT2D eigenvalue weighted by molar-refractivity contribution is -0.124. The molecule has 1 saturated carbocycles. The Hall–Kier alpha value is -2.23. The van der Waals surface area contributed by atoms with Gasteiger partial charge in [0.25, 0.3) is 0 Å². The molecule has 8 nitrogen and oxygen atoms in total. The summed E-state index contributed by atoms with van der Waals surface area (Å²) in [5, 5.41) is 0.657. The number of piperidine rings is 1. The van der Waals surface area contributed by atoms with Crippen molar-refractivity contribution in [3.63, 3.8) is 0 Å². The van der Waals surface area contributed by atoms with Crippen LogP contribution >= 0.6 is 11.6 Å². The molecule has 3 heterocycles. The molecule has 0 unspecified atom stereocenters. The summed E-state index contributed by atoms with van der Waals surface area (Å²) in [5.41, 5.74) is 1.50. The number of ether oxygens (including phenoxy) is 1. The van der Waals surface area contributed by atoms with Crippen LogP contribution in [-0.4, -0.2) is 68.7 Å². The van der Waals surface area contributed by atoms with Crippen LogP contribution in [0.15, 0.2) is 30.6 Å². The van der Waals surface area contributed by atoms with E-state index in [2.05, 4.69) is 14.9 Å². The van der Waals surface area contributed by atoms with E-state index in [1.165, 1.54) is 6.26 Å². The molecule has 10 heteroatoms. The van der Waals surface area contributed by atoms with Crippen molar-refractivity contribution in [2.75, 3.05) is 44.4 Å². The number of amides is 1. The Morgan fingerprint density at radius 3 is 2.38 bits per heavy atom. The number of carbonyl (C=O) groups excluding carboxylic acids is 1. The molecule has 1 aromatic carbocycles. The van der Waals surface area contributed by atoms with Crippen molar-refractivity contribution < 1.29 is 17.9 Å². The van der Waals surface area contributed by atoms with E-state index in [1.54, 1.807) is 17.3 Å². The molecular weight excluding hydrogens is 476 g/mol. The fraction of sp³-hybridized carbons (Fsp3) is 0.542. The van der Waals surface area contributed by atoms with Crippen LogP contribution in [0.5, 0.6) is 5.75 Å². The maximum atomic E-state index is 13.1. The van der Waals surface area contributed by atoms with Gasteiger partial charge in [-0.1, -0.05) is 11.6 Å². The number of hydrogen-bond donors (Lipinski definition) is 0. The van der Waals surface area contributed by atoms with E-state index in [9.17, 15) is 13.2 Å². The Balaban J connectivity index is 1.17. The van der Waals surface area contributed by atoms with Crippen LogP contribution in [-0.2, 0) is 24.8 Å². The second kappa shape index (κ2) is 8.46. The number of aromatic nitrogens is 2. The van der Waals surface area contributed by atoms with E-state index in [-0.39, 0.29) is 5.91 Å². The number of nitrogens with zero attached hydrogens (tertiary/aromatic N) is 4. The number of likely N-dealkylation sites (tertiary alicyclic amines) is 1. The summed E-state index contributed by atoms with van der Waals surface area (Å²) >= 11 is 6.25. The number of fused-ring (bicyclic) bond motifs is 2. The van der Waals surface area contributed by atoms with Crippen LogP contribution in [0, 0.1) is 0 Å². The molecule has 1 spiro atoms. The van der Waals surface area contributed by atoms with Gasteiger partial charge in [0.1, 0.15) is 17.2 Å². The number of rotatable bonds is 6. The van der Waals surface area contributed by atoms with Crippen molar-refractivity contribution >= 4 is 33.0 Å². The van der Waals surface area contributed by atoms with Gasteiger partial charge in [0.05, 0.1) is 17.8 Å². The molecule has 34 heavy (non-hydrogen) atoms. The number of hydrogen-bond acceptors (Lipinski definition) is 7. The molecule has 0 bridgehead atoms. The van der Waals surface area contributed by atoms with Crippen molar-refractivity contribution in [1.29, 1.82) is 0 Å². The van der Waals surface area contributed by atoms with Crippen LogP contribution in [0.2, 0.25) is 5.02 Å². The topological polar surface area (TPSA) is 92.7 Å². The highest BCUT2D eigenvalue weighted by Gasteiger charge is 2.51. The molecule has 5 rings (SSSR count). The first-order chi connectivity index (χ1) is 16.2. The molecule has 2 aliphatic heterocycles. The van der Waals surface area contributed by atoms with Crippen molar-refractivity contribution in [2.24, 2.45) is 0 Å². The zero-order valence-electron chi connectivity index (χ0n) is 19.5. The molecule has 3 aliphatic rings. The quantitative estimate of drug-likeness (QED) is 0.597. The van der Waals surface area contributed by atoms with Gasteiger partial charge >= 0.3 is 0 Å². The predicted octanol–water partition coefficient (Wildman–Crippen LogP) is 2.94. The number of halogens is 1. The Labute approximate surface area is 205 Å². The van der Waals surface area contributed by atoms with Gasteiger partial charge in [0.2, 0.25) is 5.91 Å². The van der Waals surface area contributed by atoms with E-state index in [4.69, 9.17) is 16.3 Å². The van der Waals surface area contributed by atoms with Gasteiger partial charge in [-0.05, 0) is 69.0 Å². The minimum absolute atomic E-state index is 0.149. The Bertz CT molecular complexity index is 1210. The monoisotopic (exact) mass is 504 g/mol. The van der Waals surface area contributed by atoms with Crippen LogP contribution in [0.1, 0.15) is 43.5 Å². The number of benzene rings is 1. The fourth-order valence-electron chi connectivity index (χ4n) is 5.55. The van der Waals surface area contributed by atoms with E-state index >= 15 is 0 Å². The first kappa shape index (κ1) is 23.5. The summed E-state index contributed by atoms with van der Waals surface area (Å²) in [6.45, 7) is 2.77. The van der Waals surface area contributed by atoms with Crippen LogP contribution in [0.3, 0.4) is 0 Å². The van der Waals surface area contributed by atoms with E-state index in [0.29, 0.717) is 36.0 Å². The number of carbonyl (C=O) groups is 1. The molecule has 1 aromatic heterocycles. The van der Waals surface area contributed by atoms with Gasteiger partial charge in [-0.25, -0.2) is 18.4 Å². The lowest BCUT2D eigenvalue weighted by atomic mass is 9.73. The molecule has 0 radical (unpaired) electrons. The Morgan fingerprint density at radius 2 is 1.79 bits per heavy atom. The Kier molecular flexibility index (Phi) is 5.85. The first-order valence-electron chi connectivity index (χ1n) is 11.6. The highest BCUT2D eigenvalue weighted by molar-refractivity contribution is 7.91. The summed E-state index contributed by atoms with van der Waals surface area (Å²) < 4.78 is 29.4. The summed E-state index contributed by atoms with van der Waals surface area (Å²) in [6.07, 6.45) is 7.87. The van der Waals surface area contributed by atoms with Crippen molar-refractivity contribution in [1.82, 2.24) is 14.9 Å². The second-order valence-corrected chi connectivity index (χ2v) is 12.4. The molecule has 2 fully saturated rings. The molecule has 0 N–H and O–H groups in total. The largest absolute Gasteiger partial charge is 0.489 e. The molecule has 1 saturated heterocycles. The highest BCUT2D eigenvalue weighted by Crippen LogP contribution is 2.48. The third-order valence-electron chi connectivity index (χ3n) is 7.84. The first-order valence-corrected chi connectivity index (χ1v) is 13.9. The highest BCUT2D eigenvalue weighted by atomic mass is 35.5. The number of sulfone groups is 1. The van der Waals surface area contributed by atoms with Crippen molar-refractivity contribution in [3.8, 4) is 5.75 Å². The van der Waals surface area contributed by atoms with E-state index in [1.807, 2.05) is 25.2 Å². The van der Waals surface area contributed by atoms with Crippen molar-refractivity contribution in [3.05, 3.63) is 47.0 Å². The molecule has 1 amide bonds. The zero-order chi connectivity index (χ0) is 24.1. The van der Waals surface area contributed by atoms with Gasteiger partial charge in [0, 0.05) is 30.6 Å². The third-order valence-corrected chi connectivity index (χ3v) is 10.1. The Morgan fingerprint density at radius 1 is 1.12 bits per heavy atom. The molecule has 1 aliphatic carbocycles. The average Bonchev–Trinajstić information content (AvgIpc) is 2.96. The zero-order valence-corrected chi connectivity index (χ0v) is 21.0. The standard InChI is InChI=1S/C24H29ClN4O4S/c1-28-20-5-4-17(25)14-19(20)23(22(28)30)8-10-29(11-9-23)12-13-33-18-15-26-21(27-16-18)24(6-3-7-24)34(2,31)32/h4-5,14-16H,3,6-13H2,1-2H3. The van der Waals surface area contributed by atoms with Gasteiger partial charge in [-0.2, -0.15) is 0 Å². The number of likely N-dealkylation sites (N-methyl/N-ethyl adjacent to an activating group) is 1. The van der Waals surface area contributed by atoms with Gasteiger partial charge in [-0.3, -0.25) is 9.69 Å². The third kappa shape index (κ3) is 3.69. The van der Waals surface area contributed by atoms with Crippen molar-refractivity contribution in [2.45, 2.75) is 42.3 Å². The van der Waals surface area contributed by atoms with E-state index < -0.39 is 20.0 Å². The fourth-order valence-corrected chi connectivity index (χ4v) is 7.19. The predicted molar refractivity (Wildman–Crippen MR) is 130 cm³/mol. The number of anilines is 1. The maximum absolute atomic E-state index is 13.1. The van der Waals surface area contributed by atoms with E-state index in [0.717, 1.165) is 50.1 Å². The lowest BCUT2D eigenvalue weighted by Crippen LogP contribution is -2.48. The molecule has 182 valence electrons. The maximum Gasteiger partial charge on any atom is 0.237 e. The summed E-state index contributed by atoms with van der Waals surface area (Å²) in [4.78, 5) is 25.8. The van der Waals surface area contributed by atoms with Crippen LogP contribution < -0.4 is 9.64 Å². The SMILES string of the molecule is CN1C(=O)C2(CCN(CCOc3cnc(C4(S(C)(=O)=O)CCC4)nc3)CC2)c2cc(Cl)ccc21. The van der Waals surface area contributed by atoms with Gasteiger partial charge in [-0.15, -0.1) is 0 Å². The van der Waals surface area contributed by atoms with Gasteiger partial charge in [0.15, 0.2) is 15.6 Å². The van der Waals surface area contributed by atoms with Crippen LogP contribution in [0.4, 0.5) is 5.69 Å². The van der Waals surface area contributed by atoms with Crippen LogP contribution in [0.25, 0.3) is 0 Å². The summed E-state index contributed by atoms with van der Waals surface area (Å²) in [5.74, 6) is 1.04. The minimum Gasteiger partial charge on any atom is -0.489 e. The summed E-state index contributed by atoms with van der Waals surface area (Å²) in [7, 11) is -1.44. The second-order valence-electron chi connectivity index (χ2n) is 9.66. The molecule has 2 aromatic rings. The molecular formula is C24H29ClN4O4S. The average molecular weight is 505 g/mol. The molecule has 0 atom stereocenters.